The number of alkyl halides is 1. The molecule has 6 heteroatoms. The van der Waals surface area contributed by atoms with Crippen LogP contribution in [0.2, 0.25) is 10.0 Å². The molecule has 3 unspecified atom stereocenters. The zero-order chi connectivity index (χ0) is 16.7. The lowest BCUT2D eigenvalue weighted by Gasteiger charge is -2.46. The van der Waals surface area contributed by atoms with Gasteiger partial charge in [0.25, 0.3) is 0 Å². The Morgan fingerprint density at radius 3 is 2.45 bits per heavy atom. The van der Waals surface area contributed by atoms with Gasteiger partial charge in [-0.2, -0.15) is 0 Å². The molecule has 1 amide bonds. The Balaban J connectivity index is 2.56. The average molecular weight is 456 g/mol. The lowest BCUT2D eigenvalue weighted by Crippen LogP contribution is -2.55. The molecular formula is C16H20Cl2INO2. The van der Waals surface area contributed by atoms with Gasteiger partial charge in [-0.25, -0.2) is 0 Å². The summed E-state index contributed by atoms with van der Waals surface area (Å²) in [6, 6.07) is 5.40. The third-order valence-corrected chi connectivity index (χ3v) is 6.68. The maximum absolute atomic E-state index is 13.0. The maximum atomic E-state index is 13.0. The number of hydrogen-bond acceptors (Lipinski definition) is 2. The molecule has 3 nitrogen and oxygen atoms in total. The standard InChI is InChI=1S/C16H20Cl2INO2/c1-15(22)6-7-16(13(19)9-15,14(21)20(2)3)10-4-5-11(17)12(18)8-10/h4-5,8,13,22H,6-7,9H2,1-3H3. The van der Waals surface area contributed by atoms with Gasteiger partial charge in [0.15, 0.2) is 0 Å². The van der Waals surface area contributed by atoms with E-state index in [1.165, 1.54) is 0 Å². The predicted octanol–water partition coefficient (Wildman–Crippen LogP) is 4.06. The molecule has 22 heavy (non-hydrogen) atoms. The molecule has 1 aromatic carbocycles. The molecule has 1 N–H and O–H groups in total. The van der Waals surface area contributed by atoms with Crippen LogP contribution in [0, 0.1) is 0 Å². The quantitative estimate of drug-likeness (QED) is 0.539. The fourth-order valence-corrected chi connectivity index (χ4v) is 5.33. The van der Waals surface area contributed by atoms with Crippen LogP contribution in [0.4, 0.5) is 0 Å². The summed E-state index contributed by atoms with van der Waals surface area (Å²) < 4.78 is -0.0269. The molecule has 1 aromatic rings. The molecule has 1 saturated carbocycles. The number of aliphatic hydroxyl groups is 1. The van der Waals surface area contributed by atoms with Gasteiger partial charge < -0.3 is 10.0 Å². The van der Waals surface area contributed by atoms with Gasteiger partial charge in [0.2, 0.25) is 5.91 Å². The molecule has 0 radical (unpaired) electrons. The number of carbonyl (C=O) groups is 1. The maximum Gasteiger partial charge on any atom is 0.233 e. The van der Waals surface area contributed by atoms with Crippen LogP contribution in [0.1, 0.15) is 31.7 Å². The number of hydrogen-bond donors (Lipinski definition) is 1. The highest BCUT2D eigenvalue weighted by atomic mass is 127. The summed E-state index contributed by atoms with van der Waals surface area (Å²) >= 11 is 14.5. The van der Waals surface area contributed by atoms with Gasteiger partial charge in [0, 0.05) is 18.0 Å². The molecule has 0 aliphatic heterocycles. The fraction of sp³-hybridized carbons (Fsp3) is 0.562. The van der Waals surface area contributed by atoms with Crippen LogP contribution in [0.25, 0.3) is 0 Å². The monoisotopic (exact) mass is 455 g/mol. The van der Waals surface area contributed by atoms with Crippen molar-refractivity contribution in [3.05, 3.63) is 33.8 Å². The van der Waals surface area contributed by atoms with E-state index in [4.69, 9.17) is 23.2 Å². The van der Waals surface area contributed by atoms with Crippen molar-refractivity contribution in [1.82, 2.24) is 4.90 Å². The SMILES string of the molecule is CN(C)C(=O)C1(c2ccc(Cl)c(Cl)c2)CCC(C)(O)CC1I. The van der Waals surface area contributed by atoms with E-state index in [-0.39, 0.29) is 9.83 Å². The van der Waals surface area contributed by atoms with Gasteiger partial charge in [-0.05, 0) is 43.9 Å². The van der Waals surface area contributed by atoms with E-state index in [2.05, 4.69) is 22.6 Å². The minimum absolute atomic E-state index is 0.0269. The van der Waals surface area contributed by atoms with Crippen LogP contribution in [-0.4, -0.2) is 39.5 Å². The second kappa shape index (κ2) is 6.46. The van der Waals surface area contributed by atoms with Crippen molar-refractivity contribution >= 4 is 51.7 Å². The van der Waals surface area contributed by atoms with Crippen LogP contribution >= 0.6 is 45.8 Å². The Labute approximate surface area is 155 Å². The first-order valence-electron chi connectivity index (χ1n) is 7.14. The van der Waals surface area contributed by atoms with Crippen molar-refractivity contribution in [2.24, 2.45) is 0 Å². The van der Waals surface area contributed by atoms with Crippen LogP contribution < -0.4 is 0 Å². The van der Waals surface area contributed by atoms with Gasteiger partial charge in [0.1, 0.15) is 0 Å². The van der Waals surface area contributed by atoms with Crippen LogP contribution in [-0.2, 0) is 10.2 Å². The molecule has 122 valence electrons. The van der Waals surface area contributed by atoms with Gasteiger partial charge in [-0.1, -0.05) is 51.9 Å². The molecule has 0 aromatic heterocycles. The topological polar surface area (TPSA) is 40.5 Å². The van der Waals surface area contributed by atoms with E-state index >= 15 is 0 Å². The summed E-state index contributed by atoms with van der Waals surface area (Å²) in [7, 11) is 3.52. The van der Waals surface area contributed by atoms with E-state index in [1.54, 1.807) is 31.1 Å². The van der Waals surface area contributed by atoms with Gasteiger partial charge >= 0.3 is 0 Å². The lowest BCUT2D eigenvalue weighted by molar-refractivity contribution is -0.137. The minimum Gasteiger partial charge on any atom is -0.390 e. The first-order valence-corrected chi connectivity index (χ1v) is 9.14. The summed E-state index contributed by atoms with van der Waals surface area (Å²) in [6.07, 6.45) is 1.72. The molecule has 0 saturated heterocycles. The first-order chi connectivity index (χ1) is 10.1. The van der Waals surface area contributed by atoms with Crippen molar-refractivity contribution in [2.45, 2.75) is 41.1 Å². The molecule has 1 aliphatic carbocycles. The van der Waals surface area contributed by atoms with E-state index in [0.717, 1.165) is 5.56 Å². The Morgan fingerprint density at radius 1 is 1.32 bits per heavy atom. The summed E-state index contributed by atoms with van der Waals surface area (Å²) in [5.41, 5.74) is -0.547. The van der Waals surface area contributed by atoms with Crippen molar-refractivity contribution in [2.75, 3.05) is 14.1 Å². The molecule has 0 spiro atoms. The van der Waals surface area contributed by atoms with Crippen LogP contribution in [0.15, 0.2) is 18.2 Å². The van der Waals surface area contributed by atoms with E-state index < -0.39 is 11.0 Å². The number of benzene rings is 1. The van der Waals surface area contributed by atoms with Crippen molar-refractivity contribution in [1.29, 1.82) is 0 Å². The Morgan fingerprint density at radius 2 is 1.95 bits per heavy atom. The van der Waals surface area contributed by atoms with Crippen LogP contribution in [0.5, 0.6) is 0 Å². The molecular weight excluding hydrogens is 436 g/mol. The number of carbonyl (C=O) groups excluding carboxylic acids is 1. The normalized spacial score (nSPS) is 31.9. The number of amides is 1. The zero-order valence-corrected chi connectivity index (χ0v) is 16.5. The number of nitrogens with zero attached hydrogens (tertiary/aromatic N) is 1. The summed E-state index contributed by atoms with van der Waals surface area (Å²) in [5.74, 6) is 0.0424. The van der Waals surface area contributed by atoms with Gasteiger partial charge in [-0.15, -0.1) is 0 Å². The van der Waals surface area contributed by atoms with Crippen LogP contribution in [0.3, 0.4) is 0 Å². The smallest absolute Gasteiger partial charge is 0.233 e. The third kappa shape index (κ3) is 3.25. The molecule has 1 aliphatic rings. The molecule has 0 bridgehead atoms. The summed E-state index contributed by atoms with van der Waals surface area (Å²) in [4.78, 5) is 14.6. The molecule has 1 fully saturated rings. The highest BCUT2D eigenvalue weighted by Gasteiger charge is 2.52. The highest BCUT2D eigenvalue weighted by molar-refractivity contribution is 14.1. The van der Waals surface area contributed by atoms with Crippen molar-refractivity contribution < 1.29 is 9.90 Å². The minimum atomic E-state index is -0.738. The Kier molecular flexibility index (Phi) is 5.37. The van der Waals surface area contributed by atoms with E-state index in [1.807, 2.05) is 13.0 Å². The highest BCUT2D eigenvalue weighted by Crippen LogP contribution is 2.48. The van der Waals surface area contributed by atoms with E-state index in [9.17, 15) is 9.90 Å². The largest absolute Gasteiger partial charge is 0.390 e. The Bertz CT molecular complexity index is 592. The number of halogens is 3. The summed E-state index contributed by atoms with van der Waals surface area (Å²) in [5, 5.41) is 11.3. The molecule has 0 heterocycles. The summed E-state index contributed by atoms with van der Waals surface area (Å²) in [6.45, 7) is 1.83. The van der Waals surface area contributed by atoms with Crippen molar-refractivity contribution in [3.63, 3.8) is 0 Å². The van der Waals surface area contributed by atoms with Crippen molar-refractivity contribution in [3.8, 4) is 0 Å². The van der Waals surface area contributed by atoms with Gasteiger partial charge in [-0.3, -0.25) is 4.79 Å². The van der Waals surface area contributed by atoms with Gasteiger partial charge in [0.05, 0.1) is 21.1 Å². The molecule has 2 rings (SSSR count). The average Bonchev–Trinajstić information content (AvgIpc) is 2.41. The zero-order valence-electron chi connectivity index (χ0n) is 12.9. The Hall–Kier alpha value is -0.0400. The number of rotatable bonds is 2. The lowest BCUT2D eigenvalue weighted by atomic mass is 9.64. The second-order valence-electron chi connectivity index (χ2n) is 6.47. The van der Waals surface area contributed by atoms with E-state index in [0.29, 0.717) is 29.3 Å². The number of likely N-dealkylation sites (N-methyl/N-ethyl adjacent to an activating group) is 1. The first kappa shape index (κ1) is 18.3. The predicted molar refractivity (Wildman–Crippen MR) is 99.1 cm³/mol. The fourth-order valence-electron chi connectivity index (χ4n) is 3.15. The second-order valence-corrected chi connectivity index (χ2v) is 8.79. The third-order valence-electron chi connectivity index (χ3n) is 4.43. The molecule has 3 atom stereocenters.